The number of amides is 1. The first-order chi connectivity index (χ1) is 15.0. The molecule has 0 aliphatic heterocycles. The minimum atomic E-state index is -1.06. The fourth-order valence-electron chi connectivity index (χ4n) is 2.89. The number of carboxylic acid groups (broad SMARTS) is 1. The Hall–Kier alpha value is -3.89. The molecular formula is C24H25N5O2. The van der Waals surface area contributed by atoms with Crippen molar-refractivity contribution >= 4 is 23.4 Å². The molecular weight excluding hydrogens is 390 g/mol. The summed E-state index contributed by atoms with van der Waals surface area (Å²) in [6.07, 6.45) is 3.29. The molecule has 7 nitrogen and oxygen atoms in total. The number of rotatable bonds is 7. The quantitative estimate of drug-likeness (QED) is 0.447. The van der Waals surface area contributed by atoms with Crippen LogP contribution in [0.25, 0.3) is 0 Å². The van der Waals surface area contributed by atoms with E-state index in [1.54, 1.807) is 54.9 Å². The summed E-state index contributed by atoms with van der Waals surface area (Å²) in [5.41, 5.74) is 2.48. The molecule has 0 bridgehead atoms. The van der Waals surface area contributed by atoms with Gasteiger partial charge in [-0.3, -0.25) is 0 Å². The summed E-state index contributed by atoms with van der Waals surface area (Å²) in [7, 11) is 4.08. The van der Waals surface area contributed by atoms with Gasteiger partial charge in [0.05, 0.1) is 16.9 Å². The fourth-order valence-corrected chi connectivity index (χ4v) is 2.89. The predicted octanol–water partition coefficient (Wildman–Crippen LogP) is 4.06. The van der Waals surface area contributed by atoms with Crippen molar-refractivity contribution < 1.29 is 9.90 Å². The molecule has 1 amide bonds. The average molecular weight is 415 g/mol. The van der Waals surface area contributed by atoms with E-state index in [0.29, 0.717) is 28.5 Å². The van der Waals surface area contributed by atoms with Gasteiger partial charge in [-0.2, -0.15) is 0 Å². The maximum atomic E-state index is 11.8. The van der Waals surface area contributed by atoms with E-state index >= 15 is 0 Å². The van der Waals surface area contributed by atoms with E-state index < -0.39 is 6.09 Å². The highest BCUT2D eigenvalue weighted by atomic mass is 16.4. The second kappa shape index (κ2) is 10.8. The van der Waals surface area contributed by atoms with Crippen LogP contribution >= 0.6 is 0 Å². The van der Waals surface area contributed by atoms with Gasteiger partial charge in [-0.15, -0.1) is 0 Å². The Morgan fingerprint density at radius 2 is 1.65 bits per heavy atom. The zero-order chi connectivity index (χ0) is 22.1. The SMILES string of the molecule is CN(C)CCCNc1ncc(C#Cc2cccc(N(C(=O)O)c3ccccc3)c2)cn1. The topological polar surface area (TPSA) is 81.6 Å². The lowest BCUT2D eigenvalue weighted by molar-refractivity contribution is 0.205. The maximum Gasteiger partial charge on any atom is 0.416 e. The molecule has 3 aromatic rings. The Kier molecular flexibility index (Phi) is 7.57. The van der Waals surface area contributed by atoms with E-state index in [0.717, 1.165) is 19.5 Å². The molecule has 2 aromatic carbocycles. The summed E-state index contributed by atoms with van der Waals surface area (Å²) < 4.78 is 0. The summed E-state index contributed by atoms with van der Waals surface area (Å²) in [4.78, 5) is 23.8. The summed E-state index contributed by atoms with van der Waals surface area (Å²) in [6, 6.07) is 16.1. The Morgan fingerprint density at radius 3 is 2.32 bits per heavy atom. The molecule has 0 aliphatic rings. The van der Waals surface area contributed by atoms with Gasteiger partial charge < -0.3 is 15.3 Å². The number of anilines is 3. The smallest absolute Gasteiger partial charge is 0.416 e. The molecule has 1 aromatic heterocycles. The summed E-state index contributed by atoms with van der Waals surface area (Å²) >= 11 is 0. The third kappa shape index (κ3) is 6.56. The van der Waals surface area contributed by atoms with E-state index in [9.17, 15) is 9.90 Å². The first-order valence-corrected chi connectivity index (χ1v) is 9.94. The lowest BCUT2D eigenvalue weighted by Crippen LogP contribution is -2.23. The Balaban J connectivity index is 1.70. The van der Waals surface area contributed by atoms with Crippen LogP contribution in [0, 0.1) is 11.8 Å². The van der Waals surface area contributed by atoms with Gasteiger partial charge >= 0.3 is 6.09 Å². The average Bonchev–Trinajstić information content (AvgIpc) is 2.77. The minimum Gasteiger partial charge on any atom is -0.464 e. The second-order valence-electron chi connectivity index (χ2n) is 7.13. The molecule has 0 saturated heterocycles. The molecule has 0 aliphatic carbocycles. The Bertz CT molecular complexity index is 1060. The van der Waals surface area contributed by atoms with Crippen LogP contribution in [0.3, 0.4) is 0 Å². The molecule has 0 radical (unpaired) electrons. The van der Waals surface area contributed by atoms with Crippen molar-refractivity contribution in [1.29, 1.82) is 0 Å². The number of benzene rings is 2. The number of aromatic nitrogens is 2. The molecule has 31 heavy (non-hydrogen) atoms. The zero-order valence-corrected chi connectivity index (χ0v) is 17.6. The number of nitrogens with zero attached hydrogens (tertiary/aromatic N) is 4. The van der Waals surface area contributed by atoms with Gasteiger partial charge in [0, 0.05) is 24.5 Å². The Labute approximate surface area is 182 Å². The molecule has 7 heteroatoms. The van der Waals surface area contributed by atoms with Crippen LogP contribution in [0.15, 0.2) is 67.0 Å². The number of para-hydroxylation sites is 1. The van der Waals surface area contributed by atoms with Crippen molar-refractivity contribution in [2.45, 2.75) is 6.42 Å². The molecule has 1 heterocycles. The highest BCUT2D eigenvalue weighted by Gasteiger charge is 2.16. The largest absolute Gasteiger partial charge is 0.464 e. The van der Waals surface area contributed by atoms with Crippen LogP contribution in [0.4, 0.5) is 22.1 Å². The molecule has 2 N–H and O–H groups in total. The van der Waals surface area contributed by atoms with Crippen LogP contribution in [-0.2, 0) is 0 Å². The predicted molar refractivity (Wildman–Crippen MR) is 123 cm³/mol. The van der Waals surface area contributed by atoms with Crippen molar-refractivity contribution in [3.8, 4) is 11.8 Å². The van der Waals surface area contributed by atoms with Crippen molar-refractivity contribution in [3.05, 3.63) is 78.1 Å². The first-order valence-electron chi connectivity index (χ1n) is 9.94. The van der Waals surface area contributed by atoms with Gasteiger partial charge in [0.2, 0.25) is 5.95 Å². The molecule has 0 unspecified atom stereocenters. The highest BCUT2D eigenvalue weighted by molar-refractivity contribution is 5.94. The summed E-state index contributed by atoms with van der Waals surface area (Å²) in [5.74, 6) is 6.66. The zero-order valence-electron chi connectivity index (χ0n) is 17.6. The third-order valence-corrected chi connectivity index (χ3v) is 4.38. The lowest BCUT2D eigenvalue weighted by atomic mass is 10.1. The third-order valence-electron chi connectivity index (χ3n) is 4.38. The lowest BCUT2D eigenvalue weighted by Gasteiger charge is -2.19. The molecule has 0 saturated carbocycles. The van der Waals surface area contributed by atoms with E-state index in [2.05, 4.69) is 32.0 Å². The van der Waals surface area contributed by atoms with E-state index in [4.69, 9.17) is 0 Å². The van der Waals surface area contributed by atoms with Crippen LogP contribution in [0.2, 0.25) is 0 Å². The Morgan fingerprint density at radius 1 is 0.968 bits per heavy atom. The van der Waals surface area contributed by atoms with E-state index in [1.807, 2.05) is 26.2 Å². The van der Waals surface area contributed by atoms with Crippen LogP contribution < -0.4 is 10.2 Å². The summed E-state index contributed by atoms with van der Waals surface area (Å²) in [5, 5.41) is 12.9. The van der Waals surface area contributed by atoms with Gasteiger partial charge in [-0.25, -0.2) is 19.7 Å². The van der Waals surface area contributed by atoms with Gasteiger partial charge in [-0.05, 0) is 57.4 Å². The number of hydrogen-bond acceptors (Lipinski definition) is 5. The highest BCUT2D eigenvalue weighted by Crippen LogP contribution is 2.26. The number of nitrogens with one attached hydrogen (secondary N) is 1. The van der Waals surface area contributed by atoms with Crippen molar-refractivity contribution in [1.82, 2.24) is 14.9 Å². The molecule has 0 fully saturated rings. The van der Waals surface area contributed by atoms with Crippen LogP contribution in [0.1, 0.15) is 17.5 Å². The first kappa shape index (κ1) is 21.8. The molecule has 0 spiro atoms. The van der Waals surface area contributed by atoms with Crippen LogP contribution in [-0.4, -0.2) is 53.3 Å². The second-order valence-corrected chi connectivity index (χ2v) is 7.13. The van der Waals surface area contributed by atoms with Gasteiger partial charge in [0.25, 0.3) is 0 Å². The van der Waals surface area contributed by atoms with Gasteiger partial charge in [-0.1, -0.05) is 36.1 Å². The van der Waals surface area contributed by atoms with Gasteiger partial charge in [0.15, 0.2) is 0 Å². The van der Waals surface area contributed by atoms with Crippen molar-refractivity contribution in [2.75, 3.05) is 37.4 Å². The minimum absolute atomic E-state index is 0.527. The normalized spacial score (nSPS) is 10.3. The van der Waals surface area contributed by atoms with Crippen LogP contribution in [0.5, 0.6) is 0 Å². The van der Waals surface area contributed by atoms with E-state index in [-0.39, 0.29) is 0 Å². The summed E-state index contributed by atoms with van der Waals surface area (Å²) in [6.45, 7) is 1.80. The molecule has 3 rings (SSSR count). The van der Waals surface area contributed by atoms with Crippen molar-refractivity contribution in [2.24, 2.45) is 0 Å². The van der Waals surface area contributed by atoms with E-state index in [1.165, 1.54) is 4.90 Å². The molecule has 0 atom stereocenters. The number of carbonyl (C=O) groups is 1. The maximum absolute atomic E-state index is 11.8. The fraction of sp³-hybridized carbons (Fsp3) is 0.208. The molecule has 158 valence electrons. The monoisotopic (exact) mass is 415 g/mol. The number of hydrogen-bond donors (Lipinski definition) is 2. The van der Waals surface area contributed by atoms with Gasteiger partial charge in [0.1, 0.15) is 0 Å². The van der Waals surface area contributed by atoms with Crippen molar-refractivity contribution in [3.63, 3.8) is 0 Å². The standard InChI is InChI=1S/C24H25N5O2/c1-28(2)15-7-14-25-23-26-17-20(18-27-23)13-12-19-8-6-11-22(16-19)29(24(30)31)21-9-4-3-5-10-21/h3-6,8-11,16-18H,7,14-15H2,1-2H3,(H,30,31)(H,25,26,27).